The van der Waals surface area contributed by atoms with Gasteiger partial charge in [0.25, 0.3) is 0 Å². The summed E-state index contributed by atoms with van der Waals surface area (Å²) < 4.78 is 20.1. The second-order valence-corrected chi connectivity index (χ2v) is 18.1. The van der Waals surface area contributed by atoms with Gasteiger partial charge >= 0.3 is 25.7 Å². The van der Waals surface area contributed by atoms with Gasteiger partial charge in [0.1, 0.15) is 0 Å². The van der Waals surface area contributed by atoms with Crippen molar-refractivity contribution in [3.63, 3.8) is 0 Å². The van der Waals surface area contributed by atoms with Gasteiger partial charge in [-0.25, -0.2) is 0 Å². The minimum Gasteiger partial charge on any atom is -0.410 e. The van der Waals surface area contributed by atoms with E-state index in [0.29, 0.717) is 0 Å². The van der Waals surface area contributed by atoms with Crippen LogP contribution in [-0.2, 0) is 12.3 Å². The van der Waals surface area contributed by atoms with Gasteiger partial charge in [-0.2, -0.15) is 0 Å². The Kier molecular flexibility index (Phi) is 7.23. The Balaban J connectivity index is 1.65. The third-order valence-electron chi connectivity index (χ3n) is 5.35. The fourth-order valence-corrected chi connectivity index (χ4v) is 18.3. The molecule has 1 aliphatic rings. The van der Waals surface area contributed by atoms with Crippen molar-refractivity contribution in [2.24, 2.45) is 0 Å². The van der Waals surface area contributed by atoms with Crippen LogP contribution in [0.3, 0.4) is 0 Å². The molecule has 0 spiro atoms. The lowest BCUT2D eigenvalue weighted by Gasteiger charge is -2.47. The standard InChI is InChI=1S/C27H30O3Si3/c1-31(22-19-25-13-7-4-8-14-25)28-32(2,23-20-26-15-9-5-10-16-26)30-33(3,29-31)24-21-27-17-11-6-12-18-27/h4-24H,1-3H3/b22-19+,23-20+,24-21+. The van der Waals surface area contributed by atoms with Gasteiger partial charge in [0, 0.05) is 0 Å². The highest BCUT2D eigenvalue weighted by Gasteiger charge is 2.54. The summed E-state index contributed by atoms with van der Waals surface area (Å²) in [7, 11) is -7.95. The number of hydrogen-bond donors (Lipinski definition) is 0. The summed E-state index contributed by atoms with van der Waals surface area (Å²) in [5, 5.41) is 0. The second-order valence-electron chi connectivity index (χ2n) is 8.59. The molecule has 1 saturated heterocycles. The van der Waals surface area contributed by atoms with Crippen molar-refractivity contribution in [2.75, 3.05) is 0 Å². The molecule has 1 fully saturated rings. The summed E-state index contributed by atoms with van der Waals surface area (Å²) in [5.74, 6) is 0. The Morgan fingerprint density at radius 3 is 0.909 bits per heavy atom. The van der Waals surface area contributed by atoms with Crippen LogP contribution in [0, 0.1) is 0 Å². The third-order valence-corrected chi connectivity index (χ3v) is 17.4. The van der Waals surface area contributed by atoms with Crippen molar-refractivity contribution < 1.29 is 12.3 Å². The highest BCUT2D eigenvalue weighted by Crippen LogP contribution is 2.34. The first-order valence-corrected chi connectivity index (χ1v) is 18.4. The monoisotopic (exact) mass is 486 g/mol. The topological polar surface area (TPSA) is 27.7 Å². The second kappa shape index (κ2) is 10.1. The van der Waals surface area contributed by atoms with Gasteiger partial charge in [-0.1, -0.05) is 109 Å². The molecule has 0 radical (unpaired) electrons. The molecule has 1 aliphatic heterocycles. The van der Waals surface area contributed by atoms with E-state index in [2.05, 4.69) is 91.4 Å². The molecule has 6 heteroatoms. The highest BCUT2D eigenvalue weighted by molar-refractivity contribution is 6.98. The molecule has 3 aromatic carbocycles. The van der Waals surface area contributed by atoms with E-state index < -0.39 is 25.7 Å². The molecule has 3 nitrogen and oxygen atoms in total. The largest absolute Gasteiger partial charge is 0.410 e. The molecule has 0 N–H and O–H groups in total. The van der Waals surface area contributed by atoms with Gasteiger partial charge in [0.2, 0.25) is 0 Å². The van der Waals surface area contributed by atoms with E-state index in [1.165, 1.54) is 0 Å². The van der Waals surface area contributed by atoms with Crippen molar-refractivity contribution in [3.05, 3.63) is 125 Å². The van der Waals surface area contributed by atoms with Crippen LogP contribution in [-0.4, -0.2) is 25.7 Å². The molecular formula is C27H30O3Si3. The van der Waals surface area contributed by atoms with E-state index in [4.69, 9.17) is 12.3 Å². The van der Waals surface area contributed by atoms with E-state index in [9.17, 15) is 0 Å². The first-order chi connectivity index (χ1) is 15.9. The predicted octanol–water partition coefficient (Wildman–Crippen LogP) is 7.02. The molecule has 0 amide bonds. The fraction of sp³-hybridized carbons (Fsp3) is 0.111. The lowest BCUT2D eigenvalue weighted by molar-refractivity contribution is 0.250. The first kappa shape index (κ1) is 23.6. The maximum atomic E-state index is 6.71. The van der Waals surface area contributed by atoms with Crippen LogP contribution in [0.25, 0.3) is 18.2 Å². The van der Waals surface area contributed by atoms with Gasteiger partial charge in [-0.15, -0.1) is 0 Å². The Hall–Kier alpha value is -2.59. The van der Waals surface area contributed by atoms with Crippen LogP contribution >= 0.6 is 0 Å². The van der Waals surface area contributed by atoms with E-state index in [-0.39, 0.29) is 0 Å². The predicted molar refractivity (Wildman–Crippen MR) is 145 cm³/mol. The van der Waals surface area contributed by atoms with Crippen LogP contribution in [0.15, 0.2) is 108 Å². The normalized spacial score (nSPS) is 28.1. The maximum absolute atomic E-state index is 6.71. The summed E-state index contributed by atoms with van der Waals surface area (Å²) in [4.78, 5) is 0. The van der Waals surface area contributed by atoms with Gasteiger partial charge < -0.3 is 12.3 Å². The fourth-order valence-electron chi connectivity index (χ4n) is 3.91. The van der Waals surface area contributed by atoms with Crippen molar-refractivity contribution in [3.8, 4) is 0 Å². The third kappa shape index (κ3) is 6.70. The van der Waals surface area contributed by atoms with E-state index in [1.807, 2.05) is 54.6 Å². The van der Waals surface area contributed by atoms with Crippen molar-refractivity contribution in [1.29, 1.82) is 0 Å². The summed E-state index contributed by atoms with van der Waals surface area (Å²) >= 11 is 0. The summed E-state index contributed by atoms with van der Waals surface area (Å²) in [6, 6.07) is 30.8. The minimum atomic E-state index is -2.65. The molecule has 33 heavy (non-hydrogen) atoms. The van der Waals surface area contributed by atoms with E-state index in [1.54, 1.807) is 0 Å². The Bertz CT molecular complexity index is 977. The SMILES string of the molecule is C[Si]1(/C=C/c2ccccc2)O[Si](C)(/C=C/c2ccccc2)O[Si](C)(/C=C/c2ccccc2)O1. The molecule has 0 saturated carbocycles. The van der Waals surface area contributed by atoms with Crippen molar-refractivity contribution >= 4 is 43.9 Å². The average molecular weight is 487 g/mol. The number of rotatable bonds is 6. The van der Waals surface area contributed by atoms with Crippen LogP contribution in [0.4, 0.5) is 0 Å². The maximum Gasteiger partial charge on any atom is 0.344 e. The van der Waals surface area contributed by atoms with Gasteiger partial charge in [0.05, 0.1) is 0 Å². The highest BCUT2D eigenvalue weighted by atomic mass is 28.5. The summed E-state index contributed by atoms with van der Waals surface area (Å²) in [6.45, 7) is 6.37. The molecule has 0 aliphatic carbocycles. The molecule has 0 aromatic heterocycles. The molecule has 168 valence electrons. The molecule has 0 bridgehead atoms. The van der Waals surface area contributed by atoms with Crippen molar-refractivity contribution in [2.45, 2.75) is 19.6 Å². The van der Waals surface area contributed by atoms with E-state index >= 15 is 0 Å². The average Bonchev–Trinajstić information content (AvgIpc) is 2.82. The molecule has 1 heterocycles. The van der Waals surface area contributed by atoms with Gasteiger partial charge in [-0.05, 0) is 53.4 Å². The van der Waals surface area contributed by atoms with Crippen LogP contribution in [0.2, 0.25) is 19.6 Å². The minimum absolute atomic E-state index is 1.14. The molecule has 3 aromatic rings. The smallest absolute Gasteiger partial charge is 0.344 e. The Morgan fingerprint density at radius 1 is 0.424 bits per heavy atom. The summed E-state index contributed by atoms with van der Waals surface area (Å²) in [5.41, 5.74) is 9.85. The molecular weight excluding hydrogens is 457 g/mol. The van der Waals surface area contributed by atoms with Gasteiger partial charge in [0.15, 0.2) is 0 Å². The van der Waals surface area contributed by atoms with Crippen LogP contribution in [0.1, 0.15) is 16.7 Å². The first-order valence-electron chi connectivity index (χ1n) is 11.2. The van der Waals surface area contributed by atoms with Crippen LogP contribution in [0.5, 0.6) is 0 Å². The Labute approximate surface area is 200 Å². The van der Waals surface area contributed by atoms with Gasteiger partial charge in [-0.3, -0.25) is 0 Å². The lowest BCUT2D eigenvalue weighted by Crippen LogP contribution is -2.66. The molecule has 0 unspecified atom stereocenters. The zero-order valence-electron chi connectivity index (χ0n) is 19.3. The zero-order chi connectivity index (χ0) is 23.2. The lowest BCUT2D eigenvalue weighted by atomic mass is 10.2. The molecule has 4 rings (SSSR count). The quantitative estimate of drug-likeness (QED) is 0.350. The zero-order valence-corrected chi connectivity index (χ0v) is 22.3. The van der Waals surface area contributed by atoms with E-state index in [0.717, 1.165) is 16.7 Å². The summed E-state index contributed by atoms with van der Waals surface area (Å²) in [6.07, 6.45) is 6.34. The number of hydrogen-bond acceptors (Lipinski definition) is 3. The molecule has 0 atom stereocenters. The Morgan fingerprint density at radius 2 is 0.667 bits per heavy atom. The van der Waals surface area contributed by atoms with Crippen molar-refractivity contribution in [1.82, 2.24) is 0 Å². The number of benzene rings is 3. The van der Waals surface area contributed by atoms with Crippen LogP contribution < -0.4 is 0 Å².